The van der Waals surface area contributed by atoms with Gasteiger partial charge < -0.3 is 28.8 Å². The maximum atomic E-state index is 13.1. The summed E-state index contributed by atoms with van der Waals surface area (Å²) >= 11 is 0. The standard InChI is InChI=1S/C80H155N2O6P/c1-6-8-10-12-14-16-18-20-22-24-26-28-30-32-34-36-38-39-40-41-42-43-44-46-48-50-52-54-56-58-60-62-64-66-68-70-72-74-80(84)81-78(77-88-89(85,86)87-76-75-82(3,4)5)79(83)73-71-69-67-65-63-61-59-57-55-53-51-49-47-45-37-35-33-31-29-27-25-23-21-19-17-15-13-11-9-7-2/h8,10,14,16,20,22,26,28,78-79,83H,6-7,9,11-13,15,17-19,21,23-25,27,29-77H2,1-5H3,(H-,81,84,85,86)/b10-8-,16-14-,22-20-,28-26-. The summed E-state index contributed by atoms with van der Waals surface area (Å²) in [6.07, 6.45) is 96.6. The third-order valence-corrected chi connectivity index (χ3v) is 19.3. The SMILES string of the molecule is CC/C=C\C/C=C\C/C=C\C/C=C\CCCCCCCCCCCCCCCCCCCCCCCCCCC(=O)NC(COP(=O)([O-])OCC[N+](C)(C)C)C(O)CCCCCCCCCCCCCCCCCCCCCCCCCCCCCCCC. The highest BCUT2D eigenvalue weighted by Gasteiger charge is 2.24. The van der Waals surface area contributed by atoms with Gasteiger partial charge in [-0.05, 0) is 51.4 Å². The number of hydrogen-bond acceptors (Lipinski definition) is 6. The summed E-state index contributed by atoms with van der Waals surface area (Å²) in [5.41, 5.74) is 0. The van der Waals surface area contributed by atoms with Crippen molar-refractivity contribution in [3.8, 4) is 0 Å². The lowest BCUT2D eigenvalue weighted by Crippen LogP contribution is -2.46. The number of aliphatic hydroxyl groups is 1. The van der Waals surface area contributed by atoms with Crippen molar-refractivity contribution >= 4 is 13.7 Å². The van der Waals surface area contributed by atoms with Crippen LogP contribution >= 0.6 is 7.82 Å². The maximum Gasteiger partial charge on any atom is 0.268 e. The molecule has 1 amide bonds. The number of quaternary nitrogens is 1. The molecule has 0 aromatic heterocycles. The zero-order chi connectivity index (χ0) is 64.8. The highest BCUT2D eigenvalue weighted by atomic mass is 31.2. The first-order chi connectivity index (χ1) is 43.5. The summed E-state index contributed by atoms with van der Waals surface area (Å²) in [4.78, 5) is 25.7. The number of aliphatic hydroxyl groups excluding tert-OH is 1. The van der Waals surface area contributed by atoms with Crippen LogP contribution in [0.1, 0.15) is 406 Å². The number of hydrogen-bond donors (Lipinski definition) is 2. The number of amides is 1. The summed E-state index contributed by atoms with van der Waals surface area (Å²) in [5, 5.41) is 14.1. The van der Waals surface area contributed by atoms with Gasteiger partial charge in [-0.3, -0.25) is 9.36 Å². The van der Waals surface area contributed by atoms with Gasteiger partial charge in [0.05, 0.1) is 39.9 Å². The minimum absolute atomic E-state index is 0.0146. The molecular weight excluding hydrogens is 1120 g/mol. The zero-order valence-corrected chi connectivity index (χ0v) is 61.3. The molecule has 0 aliphatic heterocycles. The summed E-state index contributed by atoms with van der Waals surface area (Å²) in [6, 6.07) is -0.801. The van der Waals surface area contributed by atoms with E-state index in [9.17, 15) is 19.4 Å². The normalized spacial score (nSPS) is 13.7. The number of phosphoric acid groups is 1. The average molecular weight is 1270 g/mol. The fraction of sp³-hybridized carbons (Fsp3) is 0.887. The van der Waals surface area contributed by atoms with Gasteiger partial charge in [0.2, 0.25) is 5.91 Å². The van der Waals surface area contributed by atoms with Crippen LogP contribution in [0.15, 0.2) is 48.6 Å². The van der Waals surface area contributed by atoms with Crippen molar-refractivity contribution in [2.24, 2.45) is 0 Å². The van der Waals surface area contributed by atoms with Crippen LogP contribution in [-0.2, 0) is 18.4 Å². The van der Waals surface area contributed by atoms with Crippen molar-refractivity contribution in [3.05, 3.63) is 48.6 Å². The van der Waals surface area contributed by atoms with Gasteiger partial charge in [-0.25, -0.2) is 0 Å². The number of carbonyl (C=O) groups is 1. The van der Waals surface area contributed by atoms with E-state index in [1.807, 2.05) is 21.1 Å². The van der Waals surface area contributed by atoms with E-state index in [1.54, 1.807) is 0 Å². The Morgan fingerprint density at radius 2 is 0.685 bits per heavy atom. The number of nitrogens with zero attached hydrogens (tertiary/aromatic N) is 1. The Hall–Kier alpha value is -1.54. The number of likely N-dealkylation sites (N-methyl/N-ethyl adjacent to an activating group) is 1. The molecule has 9 heteroatoms. The minimum Gasteiger partial charge on any atom is -0.756 e. The van der Waals surface area contributed by atoms with E-state index in [0.29, 0.717) is 23.9 Å². The van der Waals surface area contributed by atoms with Crippen molar-refractivity contribution < 1.29 is 32.9 Å². The van der Waals surface area contributed by atoms with Gasteiger partial charge in [0, 0.05) is 6.42 Å². The smallest absolute Gasteiger partial charge is 0.268 e. The Kier molecular flexibility index (Phi) is 69.5. The van der Waals surface area contributed by atoms with Crippen LogP contribution < -0.4 is 10.2 Å². The molecule has 0 bridgehead atoms. The second-order valence-corrected chi connectivity index (χ2v) is 29.8. The quantitative estimate of drug-likeness (QED) is 0.0272. The molecule has 8 nitrogen and oxygen atoms in total. The first-order valence-electron chi connectivity index (χ1n) is 39.5. The van der Waals surface area contributed by atoms with Crippen LogP contribution in [0.5, 0.6) is 0 Å². The minimum atomic E-state index is -4.58. The molecule has 0 aliphatic carbocycles. The first kappa shape index (κ1) is 87.5. The molecule has 0 saturated heterocycles. The highest BCUT2D eigenvalue weighted by Crippen LogP contribution is 2.38. The lowest BCUT2D eigenvalue weighted by Gasteiger charge is -2.30. The summed E-state index contributed by atoms with van der Waals surface area (Å²) in [7, 11) is 1.33. The third-order valence-electron chi connectivity index (χ3n) is 18.3. The monoisotopic (exact) mass is 1270 g/mol. The van der Waals surface area contributed by atoms with Gasteiger partial charge in [-0.2, -0.15) is 0 Å². The molecule has 0 rings (SSSR count). The van der Waals surface area contributed by atoms with E-state index in [1.165, 1.54) is 315 Å². The average Bonchev–Trinajstić information content (AvgIpc) is 3.57. The Labute approximate surface area is 556 Å². The summed E-state index contributed by atoms with van der Waals surface area (Å²) < 4.78 is 23.6. The molecule has 0 heterocycles. The van der Waals surface area contributed by atoms with E-state index >= 15 is 0 Å². The molecule has 3 unspecified atom stereocenters. The Morgan fingerprint density at radius 1 is 0.404 bits per heavy atom. The fourth-order valence-corrected chi connectivity index (χ4v) is 13.0. The number of allylic oxidation sites excluding steroid dienone is 8. The molecule has 89 heavy (non-hydrogen) atoms. The lowest BCUT2D eigenvalue weighted by molar-refractivity contribution is -0.870. The molecule has 0 aromatic rings. The molecular formula is C80H155N2O6P. The van der Waals surface area contributed by atoms with Crippen LogP contribution in [0.4, 0.5) is 0 Å². The predicted molar refractivity (Wildman–Crippen MR) is 390 cm³/mol. The predicted octanol–water partition coefficient (Wildman–Crippen LogP) is 25.1. The first-order valence-corrected chi connectivity index (χ1v) is 40.9. The van der Waals surface area contributed by atoms with Crippen LogP contribution in [0.2, 0.25) is 0 Å². The number of nitrogens with one attached hydrogen (secondary N) is 1. The van der Waals surface area contributed by atoms with Crippen molar-refractivity contribution in [2.75, 3.05) is 40.9 Å². The van der Waals surface area contributed by atoms with Crippen LogP contribution in [-0.4, -0.2) is 68.5 Å². The van der Waals surface area contributed by atoms with Gasteiger partial charge in [0.15, 0.2) is 0 Å². The zero-order valence-electron chi connectivity index (χ0n) is 60.4. The van der Waals surface area contributed by atoms with Crippen LogP contribution in [0.25, 0.3) is 0 Å². The number of rotatable bonds is 74. The summed E-state index contributed by atoms with van der Waals surface area (Å²) in [5.74, 6) is -0.155. The number of unbranched alkanes of at least 4 members (excludes halogenated alkanes) is 53. The Bertz CT molecular complexity index is 1590. The van der Waals surface area contributed by atoms with Crippen molar-refractivity contribution in [3.63, 3.8) is 0 Å². The Morgan fingerprint density at radius 3 is 1.00 bits per heavy atom. The van der Waals surface area contributed by atoms with Gasteiger partial charge in [-0.15, -0.1) is 0 Å². The maximum absolute atomic E-state index is 13.1. The molecule has 0 saturated carbocycles. The molecule has 2 N–H and O–H groups in total. The highest BCUT2D eigenvalue weighted by molar-refractivity contribution is 7.45. The second-order valence-electron chi connectivity index (χ2n) is 28.4. The van der Waals surface area contributed by atoms with Crippen LogP contribution in [0, 0.1) is 0 Å². The molecule has 0 spiro atoms. The van der Waals surface area contributed by atoms with Gasteiger partial charge in [0.25, 0.3) is 7.82 Å². The lowest BCUT2D eigenvalue weighted by atomic mass is 10.0. The molecule has 0 fully saturated rings. The topological polar surface area (TPSA) is 108 Å². The van der Waals surface area contributed by atoms with Gasteiger partial charge in [0.1, 0.15) is 13.2 Å². The fourth-order valence-electron chi connectivity index (χ4n) is 12.3. The molecule has 0 aromatic carbocycles. The number of phosphoric ester groups is 1. The van der Waals surface area contributed by atoms with E-state index in [-0.39, 0.29) is 19.1 Å². The van der Waals surface area contributed by atoms with Gasteiger partial charge in [-0.1, -0.05) is 396 Å². The van der Waals surface area contributed by atoms with E-state index in [0.717, 1.165) is 64.2 Å². The van der Waals surface area contributed by atoms with E-state index in [2.05, 4.69) is 67.8 Å². The van der Waals surface area contributed by atoms with Crippen molar-refractivity contribution in [2.45, 2.75) is 418 Å². The second kappa shape index (κ2) is 70.8. The van der Waals surface area contributed by atoms with Crippen LogP contribution in [0.3, 0.4) is 0 Å². The van der Waals surface area contributed by atoms with Gasteiger partial charge >= 0.3 is 0 Å². The Balaban J connectivity index is 3.91. The number of carbonyl (C=O) groups excluding carboxylic acids is 1. The van der Waals surface area contributed by atoms with Crippen molar-refractivity contribution in [1.29, 1.82) is 0 Å². The molecule has 0 aliphatic rings. The molecule has 0 radical (unpaired) electrons. The molecule has 526 valence electrons. The molecule has 3 atom stereocenters. The van der Waals surface area contributed by atoms with Crippen molar-refractivity contribution in [1.82, 2.24) is 5.32 Å². The largest absolute Gasteiger partial charge is 0.756 e. The third kappa shape index (κ3) is 73.7. The summed E-state index contributed by atoms with van der Waals surface area (Å²) in [6.45, 7) is 4.68. The van der Waals surface area contributed by atoms with E-state index < -0.39 is 20.0 Å². The van der Waals surface area contributed by atoms with E-state index in [4.69, 9.17) is 9.05 Å².